The van der Waals surface area contributed by atoms with E-state index < -0.39 is 12.0 Å². The predicted molar refractivity (Wildman–Crippen MR) is 64.7 cm³/mol. The second-order valence-electron chi connectivity index (χ2n) is 4.68. The summed E-state index contributed by atoms with van der Waals surface area (Å²) in [7, 11) is 0. The van der Waals surface area contributed by atoms with Gasteiger partial charge < -0.3 is 15.7 Å². The van der Waals surface area contributed by atoms with Gasteiger partial charge in [0.05, 0.1) is 5.92 Å². The lowest BCUT2D eigenvalue weighted by Gasteiger charge is -2.19. The van der Waals surface area contributed by atoms with Gasteiger partial charge in [-0.05, 0) is 26.3 Å². The molecule has 1 amide bonds. The second kappa shape index (κ2) is 6.59. The van der Waals surface area contributed by atoms with Gasteiger partial charge in [0.25, 0.3) is 0 Å². The minimum atomic E-state index is -0.939. The lowest BCUT2D eigenvalue weighted by atomic mass is 10.00. The quantitative estimate of drug-likeness (QED) is 0.642. The summed E-state index contributed by atoms with van der Waals surface area (Å²) in [5.74, 6) is -1.17. The number of hydrogen-bond donors (Lipinski definition) is 3. The van der Waals surface area contributed by atoms with E-state index in [1.54, 1.807) is 0 Å². The van der Waals surface area contributed by atoms with Crippen LogP contribution in [-0.4, -0.2) is 35.6 Å². The van der Waals surface area contributed by atoms with Gasteiger partial charge in [0.15, 0.2) is 0 Å². The molecule has 0 aliphatic carbocycles. The Labute approximate surface area is 102 Å². The number of aliphatic carboxylic acids is 1. The molecule has 17 heavy (non-hydrogen) atoms. The number of hydrogen-bond acceptors (Lipinski definition) is 3. The van der Waals surface area contributed by atoms with Gasteiger partial charge in [0, 0.05) is 6.04 Å². The van der Waals surface area contributed by atoms with E-state index in [0.29, 0.717) is 6.42 Å². The van der Waals surface area contributed by atoms with Gasteiger partial charge in [-0.3, -0.25) is 4.79 Å². The maximum Gasteiger partial charge on any atom is 0.326 e. The highest BCUT2D eigenvalue weighted by Crippen LogP contribution is 2.15. The van der Waals surface area contributed by atoms with Gasteiger partial charge in [-0.15, -0.1) is 0 Å². The largest absolute Gasteiger partial charge is 0.480 e. The smallest absolute Gasteiger partial charge is 0.326 e. The van der Waals surface area contributed by atoms with Crippen molar-refractivity contribution in [3.8, 4) is 0 Å². The highest BCUT2D eigenvalue weighted by molar-refractivity contribution is 5.85. The van der Waals surface area contributed by atoms with E-state index in [9.17, 15) is 9.59 Å². The molecule has 3 atom stereocenters. The van der Waals surface area contributed by atoms with Crippen LogP contribution in [0.4, 0.5) is 0 Å². The first kappa shape index (κ1) is 14.0. The third-order valence-corrected chi connectivity index (χ3v) is 3.32. The van der Waals surface area contributed by atoms with Crippen molar-refractivity contribution in [1.29, 1.82) is 0 Å². The van der Waals surface area contributed by atoms with E-state index in [2.05, 4.69) is 10.6 Å². The maximum atomic E-state index is 11.9. The molecule has 1 fully saturated rings. The van der Waals surface area contributed by atoms with E-state index in [1.807, 2.05) is 13.8 Å². The molecule has 5 heteroatoms. The Balaban J connectivity index is 2.48. The lowest BCUT2D eigenvalue weighted by Crippen LogP contribution is -2.45. The van der Waals surface area contributed by atoms with Gasteiger partial charge >= 0.3 is 5.97 Å². The van der Waals surface area contributed by atoms with Crippen molar-refractivity contribution in [1.82, 2.24) is 10.6 Å². The van der Waals surface area contributed by atoms with Crippen molar-refractivity contribution >= 4 is 11.9 Å². The molecule has 0 radical (unpaired) electrons. The fourth-order valence-electron chi connectivity index (χ4n) is 2.16. The summed E-state index contributed by atoms with van der Waals surface area (Å²) in [6, 6.07) is -0.606. The Morgan fingerprint density at radius 2 is 2.24 bits per heavy atom. The molecule has 1 rings (SSSR count). The highest BCUT2D eigenvalue weighted by atomic mass is 16.4. The molecule has 0 saturated carbocycles. The lowest BCUT2D eigenvalue weighted by molar-refractivity contribution is -0.142. The molecule has 0 spiro atoms. The zero-order valence-electron chi connectivity index (χ0n) is 10.5. The average Bonchev–Trinajstić information content (AvgIpc) is 2.70. The van der Waals surface area contributed by atoms with Gasteiger partial charge in [0.1, 0.15) is 6.04 Å². The van der Waals surface area contributed by atoms with Crippen molar-refractivity contribution in [2.75, 3.05) is 6.54 Å². The fourth-order valence-corrected chi connectivity index (χ4v) is 2.16. The maximum absolute atomic E-state index is 11.9. The molecule has 3 unspecified atom stereocenters. The molecule has 1 saturated heterocycles. The summed E-state index contributed by atoms with van der Waals surface area (Å²) >= 11 is 0. The van der Waals surface area contributed by atoms with E-state index in [-0.39, 0.29) is 17.9 Å². The number of carboxylic acids is 1. The zero-order valence-corrected chi connectivity index (χ0v) is 10.5. The molecular formula is C12H22N2O3. The summed E-state index contributed by atoms with van der Waals surface area (Å²) in [5.41, 5.74) is 0. The van der Waals surface area contributed by atoms with Crippen molar-refractivity contribution in [2.24, 2.45) is 5.92 Å². The molecular weight excluding hydrogens is 220 g/mol. The van der Waals surface area contributed by atoms with Gasteiger partial charge in [-0.1, -0.05) is 19.8 Å². The van der Waals surface area contributed by atoms with Crippen LogP contribution >= 0.6 is 0 Å². The van der Waals surface area contributed by atoms with E-state index >= 15 is 0 Å². The fraction of sp³-hybridized carbons (Fsp3) is 0.833. The third-order valence-electron chi connectivity index (χ3n) is 3.32. The van der Waals surface area contributed by atoms with Crippen LogP contribution in [0, 0.1) is 5.92 Å². The van der Waals surface area contributed by atoms with Crippen molar-refractivity contribution < 1.29 is 14.7 Å². The summed E-state index contributed by atoms with van der Waals surface area (Å²) in [6.07, 6.45) is 3.04. The van der Waals surface area contributed by atoms with Crippen LogP contribution in [0.25, 0.3) is 0 Å². The standard InChI is InChI=1S/C12H22N2O3/c1-3-4-5-10(12(16)17)14-11(15)9-6-7-13-8(9)2/h8-10,13H,3-7H2,1-2H3,(H,14,15)(H,16,17). The van der Waals surface area contributed by atoms with Crippen LogP contribution in [0.3, 0.4) is 0 Å². The SMILES string of the molecule is CCCCC(NC(=O)C1CCNC1C)C(=O)O. The second-order valence-corrected chi connectivity index (χ2v) is 4.68. The van der Waals surface area contributed by atoms with Crippen molar-refractivity contribution in [3.63, 3.8) is 0 Å². The van der Waals surface area contributed by atoms with Crippen LogP contribution in [0.2, 0.25) is 0 Å². The van der Waals surface area contributed by atoms with Crippen LogP contribution in [0.15, 0.2) is 0 Å². The number of carboxylic acid groups (broad SMARTS) is 1. The average molecular weight is 242 g/mol. The topological polar surface area (TPSA) is 78.4 Å². The first-order valence-electron chi connectivity index (χ1n) is 6.32. The Morgan fingerprint density at radius 3 is 2.71 bits per heavy atom. The number of nitrogens with one attached hydrogen (secondary N) is 2. The van der Waals surface area contributed by atoms with Gasteiger partial charge in [0.2, 0.25) is 5.91 Å². The molecule has 0 bridgehead atoms. The van der Waals surface area contributed by atoms with E-state index in [0.717, 1.165) is 25.8 Å². The van der Waals surface area contributed by atoms with E-state index in [4.69, 9.17) is 5.11 Å². The molecule has 0 aromatic heterocycles. The number of carbonyl (C=O) groups excluding carboxylic acids is 1. The predicted octanol–water partition coefficient (Wildman–Crippen LogP) is 0.744. The van der Waals surface area contributed by atoms with Crippen molar-refractivity contribution in [3.05, 3.63) is 0 Å². The molecule has 0 aromatic rings. The molecule has 1 aliphatic rings. The van der Waals surface area contributed by atoms with Crippen molar-refractivity contribution in [2.45, 2.75) is 51.6 Å². The molecule has 5 nitrogen and oxygen atoms in total. The molecule has 3 N–H and O–H groups in total. The Morgan fingerprint density at radius 1 is 1.53 bits per heavy atom. The minimum absolute atomic E-state index is 0.0986. The first-order valence-corrected chi connectivity index (χ1v) is 6.32. The molecule has 0 aromatic carbocycles. The summed E-state index contributed by atoms with van der Waals surface area (Å²) < 4.78 is 0. The monoisotopic (exact) mass is 242 g/mol. The minimum Gasteiger partial charge on any atom is -0.480 e. The summed E-state index contributed by atoms with van der Waals surface area (Å²) in [4.78, 5) is 22.9. The zero-order chi connectivity index (χ0) is 12.8. The Hall–Kier alpha value is -1.10. The van der Waals surface area contributed by atoms with Gasteiger partial charge in [-0.2, -0.15) is 0 Å². The van der Waals surface area contributed by atoms with Gasteiger partial charge in [-0.25, -0.2) is 4.79 Å². The number of unbranched alkanes of at least 4 members (excludes halogenated alkanes) is 1. The third kappa shape index (κ3) is 4.00. The van der Waals surface area contributed by atoms with Crippen LogP contribution in [-0.2, 0) is 9.59 Å². The van der Waals surface area contributed by atoms with Crippen LogP contribution in [0.5, 0.6) is 0 Å². The molecule has 1 heterocycles. The number of carbonyl (C=O) groups is 2. The Bertz CT molecular complexity index is 281. The first-order chi connectivity index (χ1) is 8.06. The summed E-state index contributed by atoms with van der Waals surface area (Å²) in [6.45, 7) is 4.79. The summed E-state index contributed by atoms with van der Waals surface area (Å²) in [5, 5.41) is 14.9. The number of rotatable bonds is 6. The molecule has 98 valence electrons. The van der Waals surface area contributed by atoms with E-state index in [1.165, 1.54) is 0 Å². The number of amides is 1. The Kier molecular flexibility index (Phi) is 5.41. The highest BCUT2D eigenvalue weighted by Gasteiger charge is 2.31. The van der Waals surface area contributed by atoms with Crippen LogP contribution in [0.1, 0.15) is 39.5 Å². The molecule has 1 aliphatic heterocycles. The van der Waals surface area contributed by atoms with Crippen LogP contribution < -0.4 is 10.6 Å². The normalized spacial score (nSPS) is 25.5.